The zero-order valence-corrected chi connectivity index (χ0v) is 14.1. The van der Waals surface area contributed by atoms with Crippen LogP contribution >= 0.6 is 0 Å². The van der Waals surface area contributed by atoms with Crippen LogP contribution in [0.1, 0.15) is 32.0 Å². The van der Waals surface area contributed by atoms with E-state index in [0.717, 1.165) is 0 Å². The Hall–Kier alpha value is -2.08. The number of nitrogens with zero attached hydrogens (tertiary/aromatic N) is 2. The van der Waals surface area contributed by atoms with E-state index in [1.54, 1.807) is 30.3 Å². The molecule has 0 bridgehead atoms. The minimum atomic E-state index is -1.32. The molecule has 0 amide bonds. The minimum Gasteiger partial charge on any atom is -0.487 e. The third-order valence-corrected chi connectivity index (χ3v) is 4.26. The predicted molar refractivity (Wildman–Crippen MR) is 90.5 cm³/mol. The molecular formula is C17H19FN2O2S. The average molecular weight is 334 g/mol. The zero-order valence-electron chi connectivity index (χ0n) is 13.3. The summed E-state index contributed by atoms with van der Waals surface area (Å²) in [5, 5.41) is 0. The summed E-state index contributed by atoms with van der Waals surface area (Å²) in [5.41, 5.74) is 1.07. The topological polar surface area (TPSA) is 51.5 Å². The van der Waals surface area contributed by atoms with Gasteiger partial charge in [0.2, 0.25) is 0 Å². The molecular weight excluding hydrogens is 315 g/mol. The molecule has 0 fully saturated rings. The SMILES string of the molecule is CC(C)(C)[S@@](=O)/N=C/c1ccc(OCc2ccccc2F)cn1. The largest absolute Gasteiger partial charge is 0.487 e. The molecule has 1 atom stereocenters. The van der Waals surface area contributed by atoms with E-state index in [1.807, 2.05) is 20.8 Å². The molecule has 0 unspecified atom stereocenters. The van der Waals surface area contributed by atoms with Crippen molar-refractivity contribution < 1.29 is 13.3 Å². The van der Waals surface area contributed by atoms with Crippen LogP contribution in [0.3, 0.4) is 0 Å². The van der Waals surface area contributed by atoms with Gasteiger partial charge in [0.15, 0.2) is 0 Å². The Balaban J connectivity index is 1.96. The number of benzene rings is 1. The fourth-order valence-corrected chi connectivity index (χ4v) is 2.11. The van der Waals surface area contributed by atoms with Gasteiger partial charge in [-0.3, -0.25) is 4.98 Å². The summed E-state index contributed by atoms with van der Waals surface area (Å²) < 4.78 is 34.4. The van der Waals surface area contributed by atoms with E-state index < -0.39 is 15.7 Å². The Kier molecular flexibility index (Phi) is 5.60. The van der Waals surface area contributed by atoms with Crippen LogP contribution in [0.15, 0.2) is 47.0 Å². The van der Waals surface area contributed by atoms with Crippen LogP contribution in [0.2, 0.25) is 0 Å². The van der Waals surface area contributed by atoms with Crippen LogP contribution in [0.5, 0.6) is 5.75 Å². The zero-order chi connectivity index (χ0) is 16.9. The van der Waals surface area contributed by atoms with Gasteiger partial charge in [-0.15, -0.1) is 0 Å². The van der Waals surface area contributed by atoms with Gasteiger partial charge in [-0.2, -0.15) is 4.40 Å². The van der Waals surface area contributed by atoms with Crippen LogP contribution in [-0.2, 0) is 17.6 Å². The highest BCUT2D eigenvalue weighted by Gasteiger charge is 2.18. The molecule has 2 aromatic rings. The van der Waals surface area contributed by atoms with Crippen LogP contribution in [0.25, 0.3) is 0 Å². The number of hydrogen-bond acceptors (Lipinski definition) is 3. The maximum absolute atomic E-state index is 13.5. The Morgan fingerprint density at radius 1 is 1.26 bits per heavy atom. The number of rotatable bonds is 5. The molecule has 0 aliphatic carbocycles. The average Bonchev–Trinajstić information content (AvgIpc) is 2.52. The number of aromatic nitrogens is 1. The lowest BCUT2D eigenvalue weighted by atomic mass is 10.2. The lowest BCUT2D eigenvalue weighted by Crippen LogP contribution is -2.19. The van der Waals surface area contributed by atoms with Gasteiger partial charge in [0.1, 0.15) is 29.2 Å². The number of halogens is 1. The highest BCUT2D eigenvalue weighted by molar-refractivity contribution is 7.85. The van der Waals surface area contributed by atoms with Gasteiger partial charge in [0, 0.05) is 5.56 Å². The minimum absolute atomic E-state index is 0.135. The first-order valence-corrected chi connectivity index (χ1v) is 8.25. The first-order valence-electron chi connectivity index (χ1n) is 7.14. The number of ether oxygens (including phenoxy) is 1. The van der Waals surface area contributed by atoms with Crippen molar-refractivity contribution in [3.8, 4) is 5.75 Å². The van der Waals surface area contributed by atoms with E-state index in [0.29, 0.717) is 17.0 Å². The van der Waals surface area contributed by atoms with Crippen molar-refractivity contribution in [1.29, 1.82) is 0 Å². The van der Waals surface area contributed by atoms with Crippen molar-refractivity contribution in [2.75, 3.05) is 0 Å². The second-order valence-corrected chi connectivity index (χ2v) is 7.83. The molecule has 122 valence electrons. The molecule has 0 spiro atoms. The lowest BCUT2D eigenvalue weighted by molar-refractivity contribution is 0.298. The van der Waals surface area contributed by atoms with E-state index in [4.69, 9.17) is 4.74 Å². The first kappa shape index (κ1) is 17.3. The van der Waals surface area contributed by atoms with Gasteiger partial charge < -0.3 is 4.74 Å². The van der Waals surface area contributed by atoms with Crippen molar-refractivity contribution in [1.82, 2.24) is 4.98 Å². The van der Waals surface area contributed by atoms with Crippen LogP contribution in [0, 0.1) is 5.82 Å². The lowest BCUT2D eigenvalue weighted by Gasteiger charge is -2.12. The molecule has 23 heavy (non-hydrogen) atoms. The van der Waals surface area contributed by atoms with Crippen LogP contribution < -0.4 is 4.74 Å². The fraction of sp³-hybridized carbons (Fsp3) is 0.294. The van der Waals surface area contributed by atoms with Gasteiger partial charge in [0.05, 0.1) is 22.9 Å². The molecule has 1 aromatic heterocycles. The first-order chi connectivity index (χ1) is 10.9. The Morgan fingerprint density at radius 2 is 2.00 bits per heavy atom. The smallest absolute Gasteiger partial charge is 0.144 e. The second-order valence-electron chi connectivity index (χ2n) is 5.89. The molecule has 6 heteroatoms. The molecule has 4 nitrogen and oxygen atoms in total. The molecule has 0 saturated carbocycles. The van der Waals surface area contributed by atoms with Crippen molar-refractivity contribution >= 4 is 17.2 Å². The molecule has 0 aliphatic rings. The van der Waals surface area contributed by atoms with Gasteiger partial charge in [0.25, 0.3) is 0 Å². The third kappa shape index (κ3) is 5.25. The van der Waals surface area contributed by atoms with Crippen molar-refractivity contribution in [3.63, 3.8) is 0 Å². The maximum Gasteiger partial charge on any atom is 0.144 e. The summed E-state index contributed by atoms with van der Waals surface area (Å²) in [6.07, 6.45) is 3.00. The van der Waals surface area contributed by atoms with Gasteiger partial charge >= 0.3 is 0 Å². The molecule has 0 N–H and O–H groups in total. The quantitative estimate of drug-likeness (QED) is 0.784. The van der Waals surface area contributed by atoms with E-state index >= 15 is 0 Å². The normalized spacial score (nSPS) is 13.2. The summed E-state index contributed by atoms with van der Waals surface area (Å²) >= 11 is 0. The van der Waals surface area contributed by atoms with E-state index in [9.17, 15) is 8.60 Å². The Bertz CT molecular complexity index is 709. The molecule has 0 radical (unpaired) electrons. The molecule has 2 rings (SSSR count). The van der Waals surface area contributed by atoms with Gasteiger partial charge in [-0.25, -0.2) is 8.60 Å². The summed E-state index contributed by atoms with van der Waals surface area (Å²) in [7, 11) is -1.32. The number of hydrogen-bond donors (Lipinski definition) is 0. The Morgan fingerprint density at radius 3 is 2.61 bits per heavy atom. The summed E-state index contributed by atoms with van der Waals surface area (Å²) in [6.45, 7) is 5.70. The maximum atomic E-state index is 13.5. The van der Waals surface area contributed by atoms with Crippen molar-refractivity contribution in [2.45, 2.75) is 32.1 Å². The summed E-state index contributed by atoms with van der Waals surface area (Å²) in [6, 6.07) is 9.89. The molecule has 1 heterocycles. The van der Waals surface area contributed by atoms with Crippen molar-refractivity contribution in [3.05, 3.63) is 59.7 Å². The standard InChI is InChI=1S/C17H19FN2O2S/c1-17(2,3)23(21)20-10-14-8-9-15(11-19-14)22-12-13-6-4-5-7-16(13)18/h4-11H,12H2,1-3H3/b20-10+/t23-/m1/s1. The summed E-state index contributed by atoms with van der Waals surface area (Å²) in [5.74, 6) is 0.233. The number of pyridine rings is 1. The van der Waals surface area contributed by atoms with E-state index in [2.05, 4.69) is 9.38 Å². The van der Waals surface area contributed by atoms with E-state index in [1.165, 1.54) is 18.5 Å². The van der Waals surface area contributed by atoms with Crippen LogP contribution in [0.4, 0.5) is 4.39 Å². The Labute approximate surface area is 138 Å². The fourth-order valence-electron chi connectivity index (χ4n) is 1.59. The predicted octanol–water partition coefficient (Wildman–Crippen LogP) is 3.68. The highest BCUT2D eigenvalue weighted by atomic mass is 32.2. The van der Waals surface area contributed by atoms with Gasteiger partial charge in [-0.1, -0.05) is 18.2 Å². The van der Waals surface area contributed by atoms with E-state index in [-0.39, 0.29) is 12.4 Å². The van der Waals surface area contributed by atoms with Crippen LogP contribution in [-0.4, -0.2) is 20.2 Å². The highest BCUT2D eigenvalue weighted by Crippen LogP contribution is 2.14. The molecule has 0 aliphatic heterocycles. The second kappa shape index (κ2) is 7.46. The summed E-state index contributed by atoms with van der Waals surface area (Å²) in [4.78, 5) is 4.16. The third-order valence-electron chi connectivity index (χ3n) is 2.92. The molecule has 0 saturated heterocycles. The molecule has 1 aromatic carbocycles. The van der Waals surface area contributed by atoms with Crippen molar-refractivity contribution in [2.24, 2.45) is 4.40 Å². The van der Waals surface area contributed by atoms with Gasteiger partial charge in [-0.05, 0) is 39.0 Å². The monoisotopic (exact) mass is 334 g/mol.